The molecule has 0 aromatic heterocycles. The van der Waals surface area contributed by atoms with Gasteiger partial charge in [-0.25, -0.2) is 4.39 Å². The van der Waals surface area contributed by atoms with E-state index in [9.17, 15) is 9.18 Å². The molecule has 4 heteroatoms. The molecule has 94 valence electrons. The standard InChI is InChI=1S/C13H18FNO2/c1-9(10-4-6-11(14)7-5-10)15-8-13(2,3)12(16)17/h4-7,9,15H,8H2,1-3H3,(H,16,17)/t9-/m1/s1. The quantitative estimate of drug-likeness (QED) is 0.830. The average molecular weight is 239 g/mol. The summed E-state index contributed by atoms with van der Waals surface area (Å²) in [6, 6.07) is 6.18. The topological polar surface area (TPSA) is 49.3 Å². The van der Waals surface area contributed by atoms with Crippen molar-refractivity contribution in [3.8, 4) is 0 Å². The number of carbonyl (C=O) groups is 1. The van der Waals surface area contributed by atoms with Crippen LogP contribution >= 0.6 is 0 Å². The molecule has 0 unspecified atom stereocenters. The molecular weight excluding hydrogens is 221 g/mol. The molecule has 0 heterocycles. The molecule has 1 rings (SSSR count). The highest BCUT2D eigenvalue weighted by atomic mass is 19.1. The van der Waals surface area contributed by atoms with Crippen LogP contribution in [0.2, 0.25) is 0 Å². The summed E-state index contributed by atoms with van der Waals surface area (Å²) in [6.07, 6.45) is 0. The number of hydrogen-bond acceptors (Lipinski definition) is 2. The molecule has 0 aliphatic carbocycles. The van der Waals surface area contributed by atoms with E-state index in [-0.39, 0.29) is 11.9 Å². The fourth-order valence-electron chi connectivity index (χ4n) is 1.35. The Balaban J connectivity index is 2.58. The van der Waals surface area contributed by atoms with Crippen LogP contribution in [0.4, 0.5) is 4.39 Å². The van der Waals surface area contributed by atoms with Crippen molar-refractivity contribution in [1.29, 1.82) is 0 Å². The van der Waals surface area contributed by atoms with E-state index in [1.54, 1.807) is 26.0 Å². The lowest BCUT2D eigenvalue weighted by atomic mass is 9.93. The summed E-state index contributed by atoms with van der Waals surface area (Å²) in [5.74, 6) is -1.11. The van der Waals surface area contributed by atoms with Gasteiger partial charge in [0, 0.05) is 12.6 Å². The van der Waals surface area contributed by atoms with Crippen molar-refractivity contribution < 1.29 is 14.3 Å². The average Bonchev–Trinajstić information content (AvgIpc) is 2.27. The third-order valence-electron chi connectivity index (χ3n) is 2.80. The maximum Gasteiger partial charge on any atom is 0.310 e. The van der Waals surface area contributed by atoms with E-state index < -0.39 is 11.4 Å². The zero-order valence-corrected chi connectivity index (χ0v) is 10.3. The van der Waals surface area contributed by atoms with E-state index in [1.807, 2.05) is 6.92 Å². The fourth-order valence-corrected chi connectivity index (χ4v) is 1.35. The Morgan fingerprint density at radius 2 is 1.94 bits per heavy atom. The molecule has 17 heavy (non-hydrogen) atoms. The molecule has 2 N–H and O–H groups in total. The van der Waals surface area contributed by atoms with Crippen molar-refractivity contribution in [2.24, 2.45) is 5.41 Å². The summed E-state index contributed by atoms with van der Waals surface area (Å²) in [5.41, 5.74) is 0.126. The molecule has 0 amide bonds. The van der Waals surface area contributed by atoms with Crippen LogP contribution in [0, 0.1) is 11.2 Å². The van der Waals surface area contributed by atoms with Crippen LogP contribution < -0.4 is 5.32 Å². The lowest BCUT2D eigenvalue weighted by Crippen LogP contribution is -2.37. The van der Waals surface area contributed by atoms with Gasteiger partial charge in [0.2, 0.25) is 0 Å². The molecule has 0 saturated carbocycles. The van der Waals surface area contributed by atoms with E-state index >= 15 is 0 Å². The van der Waals surface area contributed by atoms with Crippen LogP contribution in [0.5, 0.6) is 0 Å². The van der Waals surface area contributed by atoms with Crippen molar-refractivity contribution in [3.63, 3.8) is 0 Å². The van der Waals surface area contributed by atoms with Crippen LogP contribution in [0.1, 0.15) is 32.4 Å². The minimum Gasteiger partial charge on any atom is -0.481 e. The highest BCUT2D eigenvalue weighted by Crippen LogP contribution is 2.17. The Morgan fingerprint density at radius 1 is 1.41 bits per heavy atom. The van der Waals surface area contributed by atoms with Gasteiger partial charge in [-0.1, -0.05) is 12.1 Å². The number of hydrogen-bond donors (Lipinski definition) is 2. The highest BCUT2D eigenvalue weighted by molar-refractivity contribution is 5.73. The van der Waals surface area contributed by atoms with Crippen molar-refractivity contribution in [2.75, 3.05) is 6.54 Å². The number of aliphatic carboxylic acids is 1. The molecule has 0 aliphatic rings. The van der Waals surface area contributed by atoms with E-state index in [4.69, 9.17) is 5.11 Å². The van der Waals surface area contributed by atoms with Gasteiger partial charge in [-0.3, -0.25) is 4.79 Å². The predicted molar refractivity (Wildman–Crippen MR) is 64.2 cm³/mol. The van der Waals surface area contributed by atoms with Gasteiger partial charge in [0.15, 0.2) is 0 Å². The summed E-state index contributed by atoms with van der Waals surface area (Å²) in [7, 11) is 0. The maximum absolute atomic E-state index is 12.7. The van der Waals surface area contributed by atoms with E-state index in [2.05, 4.69) is 5.32 Å². The zero-order chi connectivity index (χ0) is 13.1. The molecule has 0 fully saturated rings. The Labute approximate surface area is 101 Å². The van der Waals surface area contributed by atoms with E-state index in [0.29, 0.717) is 6.54 Å². The zero-order valence-electron chi connectivity index (χ0n) is 10.3. The van der Waals surface area contributed by atoms with Crippen molar-refractivity contribution >= 4 is 5.97 Å². The first-order chi connectivity index (χ1) is 7.83. The minimum atomic E-state index is -0.837. The second-order valence-electron chi connectivity index (χ2n) is 4.84. The lowest BCUT2D eigenvalue weighted by Gasteiger charge is -2.23. The summed E-state index contributed by atoms with van der Waals surface area (Å²) in [6.45, 7) is 5.62. The van der Waals surface area contributed by atoms with E-state index in [1.165, 1.54) is 12.1 Å². The highest BCUT2D eigenvalue weighted by Gasteiger charge is 2.27. The molecule has 0 bridgehead atoms. The van der Waals surface area contributed by atoms with Crippen molar-refractivity contribution in [1.82, 2.24) is 5.32 Å². The largest absolute Gasteiger partial charge is 0.481 e. The van der Waals surface area contributed by atoms with Crippen molar-refractivity contribution in [3.05, 3.63) is 35.6 Å². The first kappa shape index (κ1) is 13.6. The molecule has 3 nitrogen and oxygen atoms in total. The van der Waals surface area contributed by atoms with Crippen LogP contribution in [-0.4, -0.2) is 17.6 Å². The third kappa shape index (κ3) is 3.82. The van der Waals surface area contributed by atoms with Gasteiger partial charge in [-0.15, -0.1) is 0 Å². The number of nitrogens with one attached hydrogen (secondary N) is 1. The van der Waals surface area contributed by atoms with Gasteiger partial charge in [-0.2, -0.15) is 0 Å². The minimum absolute atomic E-state index is 0.00535. The molecule has 0 aliphatic heterocycles. The summed E-state index contributed by atoms with van der Waals surface area (Å²) >= 11 is 0. The molecule has 1 aromatic carbocycles. The first-order valence-corrected chi connectivity index (χ1v) is 5.55. The molecule has 1 atom stereocenters. The van der Waals surface area contributed by atoms with Gasteiger partial charge >= 0.3 is 5.97 Å². The molecule has 0 spiro atoms. The number of rotatable bonds is 5. The molecular formula is C13H18FNO2. The molecule has 0 saturated heterocycles. The smallest absolute Gasteiger partial charge is 0.310 e. The fraction of sp³-hybridized carbons (Fsp3) is 0.462. The van der Waals surface area contributed by atoms with Crippen LogP contribution in [0.25, 0.3) is 0 Å². The second-order valence-corrected chi connectivity index (χ2v) is 4.84. The Hall–Kier alpha value is -1.42. The molecule has 1 aromatic rings. The monoisotopic (exact) mass is 239 g/mol. The summed E-state index contributed by atoms with van der Waals surface area (Å²) in [5, 5.41) is 12.1. The Morgan fingerprint density at radius 3 is 2.41 bits per heavy atom. The lowest BCUT2D eigenvalue weighted by molar-refractivity contribution is -0.146. The summed E-state index contributed by atoms with van der Waals surface area (Å²) < 4.78 is 12.7. The Kier molecular flexibility index (Phi) is 4.23. The SMILES string of the molecule is C[C@@H](NCC(C)(C)C(=O)O)c1ccc(F)cc1. The van der Waals surface area contributed by atoms with Crippen LogP contribution in [0.3, 0.4) is 0 Å². The van der Waals surface area contributed by atoms with Gasteiger partial charge in [-0.05, 0) is 38.5 Å². The predicted octanol–water partition coefficient (Wildman–Crippen LogP) is 2.59. The van der Waals surface area contributed by atoms with Crippen LogP contribution in [-0.2, 0) is 4.79 Å². The number of carboxylic acids is 1. The third-order valence-corrected chi connectivity index (χ3v) is 2.80. The normalized spacial score (nSPS) is 13.4. The number of benzene rings is 1. The number of halogens is 1. The first-order valence-electron chi connectivity index (χ1n) is 5.55. The number of carboxylic acid groups (broad SMARTS) is 1. The molecule has 0 radical (unpaired) electrons. The van der Waals surface area contributed by atoms with Crippen molar-refractivity contribution in [2.45, 2.75) is 26.8 Å². The Bertz CT molecular complexity index is 387. The van der Waals surface area contributed by atoms with Crippen LogP contribution in [0.15, 0.2) is 24.3 Å². The summed E-state index contributed by atoms with van der Waals surface area (Å²) in [4.78, 5) is 10.9. The van der Waals surface area contributed by atoms with Gasteiger partial charge in [0.05, 0.1) is 5.41 Å². The second kappa shape index (κ2) is 5.27. The maximum atomic E-state index is 12.7. The van der Waals surface area contributed by atoms with E-state index in [0.717, 1.165) is 5.56 Å². The van der Waals surface area contributed by atoms with Gasteiger partial charge in [0.25, 0.3) is 0 Å². The van der Waals surface area contributed by atoms with Gasteiger partial charge < -0.3 is 10.4 Å². The van der Waals surface area contributed by atoms with Gasteiger partial charge in [0.1, 0.15) is 5.82 Å².